The summed E-state index contributed by atoms with van der Waals surface area (Å²) in [7, 11) is 2.05. The molecule has 0 saturated heterocycles. The summed E-state index contributed by atoms with van der Waals surface area (Å²) in [5, 5.41) is 4.51. The van der Waals surface area contributed by atoms with Crippen LogP contribution in [0.2, 0.25) is 0 Å². The van der Waals surface area contributed by atoms with Crippen LogP contribution in [-0.2, 0) is 6.54 Å². The molecule has 0 spiro atoms. The summed E-state index contributed by atoms with van der Waals surface area (Å²) in [6.07, 6.45) is 1.96. The monoisotopic (exact) mass is 275 g/mol. The first-order valence-electron chi connectivity index (χ1n) is 6.44. The van der Waals surface area contributed by atoms with Crippen molar-refractivity contribution < 1.29 is 0 Å². The Morgan fingerprint density at radius 2 is 1.89 bits per heavy atom. The summed E-state index contributed by atoms with van der Waals surface area (Å²) in [5.41, 5.74) is 1.29. The summed E-state index contributed by atoms with van der Waals surface area (Å²) in [5.74, 6) is 0. The molecule has 102 valence electrons. The fraction of sp³-hybridized carbons (Fsp3) is 0.400. The quantitative estimate of drug-likeness (QED) is 0.920. The van der Waals surface area contributed by atoms with E-state index in [4.69, 9.17) is 0 Å². The molecule has 0 bridgehead atoms. The molecule has 0 amide bonds. The Kier molecular flexibility index (Phi) is 4.22. The van der Waals surface area contributed by atoms with Crippen LogP contribution in [0.1, 0.15) is 25.6 Å². The number of hydrogen-bond acceptors (Lipinski definition) is 4. The number of thiazole rings is 1. The highest BCUT2D eigenvalue weighted by Crippen LogP contribution is 2.27. The Labute approximate surface area is 119 Å². The van der Waals surface area contributed by atoms with Gasteiger partial charge in [-0.25, -0.2) is 4.98 Å². The molecule has 0 saturated carbocycles. The topological polar surface area (TPSA) is 28.2 Å². The van der Waals surface area contributed by atoms with E-state index in [9.17, 15) is 0 Å². The molecule has 1 heterocycles. The molecular formula is C15H21N3S. The van der Waals surface area contributed by atoms with Gasteiger partial charge in [0.05, 0.1) is 0 Å². The number of hydrogen-bond donors (Lipinski definition) is 1. The zero-order valence-electron chi connectivity index (χ0n) is 12.0. The largest absolute Gasteiger partial charge is 0.321 e. The molecule has 1 N–H and O–H groups in total. The molecule has 0 fully saturated rings. The van der Waals surface area contributed by atoms with Gasteiger partial charge in [0.1, 0.15) is 0 Å². The summed E-state index contributed by atoms with van der Waals surface area (Å²) in [6, 6.07) is 10.3. The maximum atomic E-state index is 4.50. The molecular weight excluding hydrogens is 254 g/mol. The van der Waals surface area contributed by atoms with Crippen molar-refractivity contribution in [1.82, 2.24) is 10.3 Å². The highest BCUT2D eigenvalue weighted by molar-refractivity contribution is 7.15. The third-order valence-electron chi connectivity index (χ3n) is 2.76. The van der Waals surface area contributed by atoms with Gasteiger partial charge in [-0.2, -0.15) is 0 Å². The second kappa shape index (κ2) is 5.72. The SMILES string of the molecule is CN(c1ccccc1)c1ncc(CNC(C)(C)C)s1. The van der Waals surface area contributed by atoms with Crippen LogP contribution in [0.25, 0.3) is 0 Å². The zero-order chi connectivity index (χ0) is 13.9. The summed E-state index contributed by atoms with van der Waals surface area (Å²) in [6.45, 7) is 7.38. The molecule has 0 radical (unpaired) electrons. The lowest BCUT2D eigenvalue weighted by molar-refractivity contribution is 0.426. The number of para-hydroxylation sites is 1. The number of rotatable bonds is 4. The number of nitrogens with zero attached hydrogens (tertiary/aromatic N) is 2. The van der Waals surface area contributed by atoms with Gasteiger partial charge in [0.25, 0.3) is 0 Å². The summed E-state index contributed by atoms with van der Waals surface area (Å²) >= 11 is 1.73. The van der Waals surface area contributed by atoms with Gasteiger partial charge < -0.3 is 10.2 Å². The predicted octanol–water partition coefficient (Wildman–Crippen LogP) is 3.80. The Bertz CT molecular complexity index is 514. The maximum absolute atomic E-state index is 4.50. The van der Waals surface area contributed by atoms with Crippen LogP contribution in [0, 0.1) is 0 Å². The Morgan fingerprint density at radius 3 is 2.53 bits per heavy atom. The Hall–Kier alpha value is -1.39. The number of anilines is 2. The van der Waals surface area contributed by atoms with E-state index in [1.165, 1.54) is 4.88 Å². The minimum Gasteiger partial charge on any atom is -0.321 e. The van der Waals surface area contributed by atoms with Gasteiger partial charge in [0.2, 0.25) is 0 Å². The molecule has 2 rings (SSSR count). The van der Waals surface area contributed by atoms with Crippen LogP contribution in [0.4, 0.5) is 10.8 Å². The van der Waals surface area contributed by atoms with E-state index in [2.05, 4.69) is 55.2 Å². The molecule has 4 heteroatoms. The van der Waals surface area contributed by atoms with E-state index in [0.29, 0.717) is 0 Å². The van der Waals surface area contributed by atoms with Crippen LogP contribution in [0.5, 0.6) is 0 Å². The van der Waals surface area contributed by atoms with Crippen molar-refractivity contribution in [2.45, 2.75) is 32.9 Å². The lowest BCUT2D eigenvalue weighted by Crippen LogP contribution is -2.34. The predicted molar refractivity (Wildman–Crippen MR) is 83.2 cm³/mol. The van der Waals surface area contributed by atoms with E-state index in [-0.39, 0.29) is 5.54 Å². The third kappa shape index (κ3) is 4.04. The average molecular weight is 275 g/mol. The summed E-state index contributed by atoms with van der Waals surface area (Å²) in [4.78, 5) is 7.87. The smallest absolute Gasteiger partial charge is 0.189 e. The van der Waals surface area contributed by atoms with Crippen LogP contribution in [0.15, 0.2) is 36.5 Å². The molecule has 0 aliphatic rings. The molecule has 1 aromatic carbocycles. The van der Waals surface area contributed by atoms with Crippen molar-refractivity contribution in [3.05, 3.63) is 41.4 Å². The minimum absolute atomic E-state index is 0.134. The highest BCUT2D eigenvalue weighted by Gasteiger charge is 2.12. The van der Waals surface area contributed by atoms with E-state index in [1.54, 1.807) is 11.3 Å². The van der Waals surface area contributed by atoms with Gasteiger partial charge >= 0.3 is 0 Å². The van der Waals surface area contributed by atoms with E-state index in [1.807, 2.05) is 24.4 Å². The average Bonchev–Trinajstić information content (AvgIpc) is 2.84. The normalized spacial score (nSPS) is 11.6. The molecule has 1 aromatic heterocycles. The Balaban J connectivity index is 2.05. The fourth-order valence-electron chi connectivity index (χ4n) is 1.65. The van der Waals surface area contributed by atoms with Crippen LogP contribution >= 0.6 is 11.3 Å². The number of benzene rings is 1. The van der Waals surface area contributed by atoms with Gasteiger partial charge in [-0.15, -0.1) is 11.3 Å². The van der Waals surface area contributed by atoms with Crippen molar-refractivity contribution in [2.24, 2.45) is 0 Å². The number of nitrogens with one attached hydrogen (secondary N) is 1. The molecule has 0 aliphatic carbocycles. The lowest BCUT2D eigenvalue weighted by Gasteiger charge is -2.19. The standard InChI is InChI=1S/C15H21N3S/c1-15(2,3)17-11-13-10-16-14(19-13)18(4)12-8-6-5-7-9-12/h5-10,17H,11H2,1-4H3. The van der Waals surface area contributed by atoms with E-state index >= 15 is 0 Å². The second-order valence-corrected chi connectivity index (χ2v) is 6.70. The zero-order valence-corrected chi connectivity index (χ0v) is 12.8. The second-order valence-electron chi connectivity index (χ2n) is 5.61. The van der Waals surface area contributed by atoms with Crippen molar-refractivity contribution in [2.75, 3.05) is 11.9 Å². The first-order chi connectivity index (χ1) is 8.96. The minimum atomic E-state index is 0.134. The van der Waals surface area contributed by atoms with Crippen LogP contribution in [-0.4, -0.2) is 17.6 Å². The third-order valence-corrected chi connectivity index (χ3v) is 3.84. The lowest BCUT2D eigenvalue weighted by atomic mass is 10.1. The molecule has 0 atom stereocenters. The maximum Gasteiger partial charge on any atom is 0.189 e. The van der Waals surface area contributed by atoms with Gasteiger partial charge in [-0.1, -0.05) is 18.2 Å². The van der Waals surface area contributed by atoms with Crippen LogP contribution < -0.4 is 10.2 Å². The van der Waals surface area contributed by atoms with Crippen molar-refractivity contribution >= 4 is 22.2 Å². The van der Waals surface area contributed by atoms with Gasteiger partial charge in [0, 0.05) is 35.9 Å². The van der Waals surface area contributed by atoms with E-state index in [0.717, 1.165) is 17.4 Å². The fourth-order valence-corrected chi connectivity index (χ4v) is 2.48. The molecule has 0 aliphatic heterocycles. The Morgan fingerprint density at radius 1 is 1.21 bits per heavy atom. The molecule has 2 aromatic rings. The van der Waals surface area contributed by atoms with Gasteiger partial charge in [-0.05, 0) is 32.9 Å². The van der Waals surface area contributed by atoms with Crippen molar-refractivity contribution in [3.8, 4) is 0 Å². The first kappa shape index (κ1) is 14.0. The number of aromatic nitrogens is 1. The van der Waals surface area contributed by atoms with Crippen molar-refractivity contribution in [3.63, 3.8) is 0 Å². The van der Waals surface area contributed by atoms with Gasteiger partial charge in [-0.3, -0.25) is 0 Å². The molecule has 0 unspecified atom stereocenters. The molecule has 3 nitrogen and oxygen atoms in total. The first-order valence-corrected chi connectivity index (χ1v) is 7.26. The van der Waals surface area contributed by atoms with Gasteiger partial charge in [0.15, 0.2) is 5.13 Å². The highest BCUT2D eigenvalue weighted by atomic mass is 32.1. The summed E-state index contributed by atoms with van der Waals surface area (Å²) < 4.78 is 0. The van der Waals surface area contributed by atoms with E-state index < -0.39 is 0 Å². The van der Waals surface area contributed by atoms with Crippen molar-refractivity contribution in [1.29, 1.82) is 0 Å². The van der Waals surface area contributed by atoms with Crippen LogP contribution in [0.3, 0.4) is 0 Å². The molecule has 19 heavy (non-hydrogen) atoms.